The monoisotopic (exact) mass is 337 g/mol. The van der Waals surface area contributed by atoms with Crippen LogP contribution in [0, 0.1) is 0 Å². The Bertz CT molecular complexity index is 689. The minimum Gasteiger partial charge on any atom is -0.359 e. The molecule has 1 atom stereocenters. The van der Waals surface area contributed by atoms with E-state index >= 15 is 0 Å². The molecule has 3 rings (SSSR count). The van der Waals surface area contributed by atoms with Crippen molar-refractivity contribution in [2.75, 3.05) is 31.5 Å². The molecule has 124 valence electrons. The van der Waals surface area contributed by atoms with E-state index in [0.29, 0.717) is 29.6 Å². The van der Waals surface area contributed by atoms with Crippen LogP contribution in [0.3, 0.4) is 0 Å². The first-order valence-corrected chi connectivity index (χ1v) is 8.16. The van der Waals surface area contributed by atoms with Crippen molar-refractivity contribution in [2.24, 2.45) is 0 Å². The van der Waals surface area contributed by atoms with E-state index in [2.05, 4.69) is 42.4 Å². The van der Waals surface area contributed by atoms with Crippen LogP contribution in [0.15, 0.2) is 6.33 Å². The number of carbonyl (C=O) groups excluding carboxylic acids is 1. The molecule has 1 amide bonds. The number of hydrogen-bond acceptors (Lipinski definition) is 6. The summed E-state index contributed by atoms with van der Waals surface area (Å²) in [6, 6.07) is 0.441. The van der Waals surface area contributed by atoms with Gasteiger partial charge in [0.1, 0.15) is 5.52 Å². The molecule has 8 nitrogen and oxygen atoms in total. The molecule has 0 aromatic carbocycles. The third kappa shape index (κ3) is 3.70. The Morgan fingerprint density at radius 1 is 1.52 bits per heavy atom. The molecule has 3 heterocycles. The molecule has 0 spiro atoms. The first kappa shape index (κ1) is 15.9. The zero-order chi connectivity index (χ0) is 16.2. The Morgan fingerprint density at radius 2 is 2.39 bits per heavy atom. The maximum absolute atomic E-state index is 12.0. The SMILES string of the molecule is CCN1CCC[C@@H]1CNC(=O)CNc1nc(Cl)nc2nc[nH]c12. The number of halogens is 1. The van der Waals surface area contributed by atoms with Gasteiger partial charge in [0.15, 0.2) is 11.5 Å². The summed E-state index contributed by atoms with van der Waals surface area (Å²) in [4.78, 5) is 29.5. The second kappa shape index (κ2) is 7.10. The fourth-order valence-electron chi connectivity index (χ4n) is 2.94. The molecular formula is C14H20ClN7O. The van der Waals surface area contributed by atoms with E-state index in [-0.39, 0.29) is 17.7 Å². The number of carbonyl (C=O) groups is 1. The molecule has 0 unspecified atom stereocenters. The molecule has 23 heavy (non-hydrogen) atoms. The smallest absolute Gasteiger partial charge is 0.239 e. The molecule has 0 saturated carbocycles. The zero-order valence-electron chi connectivity index (χ0n) is 13.0. The van der Waals surface area contributed by atoms with E-state index < -0.39 is 0 Å². The Hall–Kier alpha value is -1.93. The van der Waals surface area contributed by atoms with Crippen LogP contribution in [0.1, 0.15) is 19.8 Å². The van der Waals surface area contributed by atoms with E-state index in [1.165, 1.54) is 12.7 Å². The van der Waals surface area contributed by atoms with Gasteiger partial charge in [0, 0.05) is 12.6 Å². The van der Waals surface area contributed by atoms with E-state index in [1.54, 1.807) is 0 Å². The van der Waals surface area contributed by atoms with Crippen LogP contribution in [-0.2, 0) is 4.79 Å². The highest BCUT2D eigenvalue weighted by atomic mass is 35.5. The van der Waals surface area contributed by atoms with Crippen LogP contribution >= 0.6 is 11.6 Å². The number of H-pyrrole nitrogens is 1. The number of fused-ring (bicyclic) bond motifs is 1. The minimum atomic E-state index is -0.0737. The predicted molar refractivity (Wildman–Crippen MR) is 88.5 cm³/mol. The van der Waals surface area contributed by atoms with Crippen molar-refractivity contribution in [3.8, 4) is 0 Å². The molecule has 2 aromatic heterocycles. The second-order valence-corrected chi connectivity index (χ2v) is 5.86. The second-order valence-electron chi connectivity index (χ2n) is 5.52. The number of aromatic nitrogens is 4. The van der Waals surface area contributed by atoms with Gasteiger partial charge < -0.3 is 15.6 Å². The van der Waals surface area contributed by atoms with Gasteiger partial charge in [0.2, 0.25) is 11.2 Å². The Kier molecular flexibility index (Phi) is 4.92. The van der Waals surface area contributed by atoms with E-state index in [4.69, 9.17) is 11.6 Å². The van der Waals surface area contributed by atoms with Crippen LogP contribution in [0.25, 0.3) is 11.2 Å². The summed E-state index contributed by atoms with van der Waals surface area (Å²) in [5.41, 5.74) is 1.10. The highest BCUT2D eigenvalue weighted by Gasteiger charge is 2.23. The molecule has 1 fully saturated rings. The van der Waals surface area contributed by atoms with Crippen LogP contribution in [0.2, 0.25) is 5.28 Å². The molecule has 0 radical (unpaired) electrons. The maximum Gasteiger partial charge on any atom is 0.239 e. The standard InChI is InChI=1S/C14H20ClN7O/c1-2-22-5-3-4-9(22)6-16-10(23)7-17-12-11-13(19-8-18-11)21-14(15)20-12/h8-9H,2-7H2,1H3,(H,16,23)(H2,17,18,19,20,21)/t9-/m1/s1. The highest BCUT2D eigenvalue weighted by Crippen LogP contribution is 2.18. The van der Waals surface area contributed by atoms with Crippen molar-refractivity contribution in [3.63, 3.8) is 0 Å². The van der Waals surface area contributed by atoms with Gasteiger partial charge in [-0.25, -0.2) is 4.98 Å². The summed E-state index contributed by atoms with van der Waals surface area (Å²) >= 11 is 5.85. The summed E-state index contributed by atoms with van der Waals surface area (Å²) in [6.45, 7) is 5.09. The molecule has 3 N–H and O–H groups in total. The Labute approximate surface area is 139 Å². The van der Waals surface area contributed by atoms with Crippen molar-refractivity contribution in [2.45, 2.75) is 25.8 Å². The van der Waals surface area contributed by atoms with Crippen molar-refractivity contribution >= 4 is 34.5 Å². The van der Waals surface area contributed by atoms with Gasteiger partial charge in [-0.1, -0.05) is 6.92 Å². The lowest BCUT2D eigenvalue weighted by molar-refractivity contribution is -0.119. The van der Waals surface area contributed by atoms with Crippen molar-refractivity contribution < 1.29 is 4.79 Å². The van der Waals surface area contributed by atoms with Gasteiger partial charge in [-0.05, 0) is 37.5 Å². The average molecular weight is 338 g/mol. The molecule has 1 aliphatic rings. The minimum absolute atomic E-state index is 0.0737. The quantitative estimate of drug-likeness (QED) is 0.681. The van der Waals surface area contributed by atoms with Crippen molar-refractivity contribution in [3.05, 3.63) is 11.6 Å². The number of aromatic amines is 1. The lowest BCUT2D eigenvalue weighted by Crippen LogP contribution is -2.41. The maximum atomic E-state index is 12.0. The zero-order valence-corrected chi connectivity index (χ0v) is 13.7. The molecule has 0 aliphatic carbocycles. The lowest BCUT2D eigenvalue weighted by Gasteiger charge is -2.22. The third-order valence-electron chi connectivity index (χ3n) is 4.11. The van der Waals surface area contributed by atoms with E-state index in [9.17, 15) is 4.79 Å². The van der Waals surface area contributed by atoms with Gasteiger partial charge in [0.25, 0.3) is 0 Å². The third-order valence-corrected chi connectivity index (χ3v) is 4.28. The van der Waals surface area contributed by atoms with E-state index in [0.717, 1.165) is 19.5 Å². The summed E-state index contributed by atoms with van der Waals surface area (Å²) in [6.07, 6.45) is 3.85. The first-order chi connectivity index (χ1) is 11.2. The van der Waals surface area contributed by atoms with Gasteiger partial charge in [-0.15, -0.1) is 0 Å². The summed E-state index contributed by atoms with van der Waals surface area (Å²) in [5, 5.41) is 6.05. The molecule has 1 aliphatic heterocycles. The van der Waals surface area contributed by atoms with Crippen LogP contribution in [0.4, 0.5) is 5.82 Å². The number of amides is 1. The number of likely N-dealkylation sites (N-methyl/N-ethyl adjacent to an activating group) is 1. The first-order valence-electron chi connectivity index (χ1n) is 7.78. The van der Waals surface area contributed by atoms with Gasteiger partial charge >= 0.3 is 0 Å². The largest absolute Gasteiger partial charge is 0.359 e. The average Bonchev–Trinajstić information content (AvgIpc) is 3.18. The number of nitrogens with zero attached hydrogens (tertiary/aromatic N) is 4. The van der Waals surface area contributed by atoms with Crippen molar-refractivity contribution in [1.29, 1.82) is 0 Å². The van der Waals surface area contributed by atoms with Crippen LogP contribution in [-0.4, -0.2) is 63.0 Å². The van der Waals surface area contributed by atoms with Crippen LogP contribution < -0.4 is 10.6 Å². The van der Waals surface area contributed by atoms with Gasteiger partial charge in [0.05, 0.1) is 12.9 Å². The van der Waals surface area contributed by atoms with E-state index in [1.807, 2.05) is 0 Å². The number of rotatable bonds is 6. The number of likely N-dealkylation sites (tertiary alicyclic amines) is 1. The molecular weight excluding hydrogens is 318 g/mol. The predicted octanol–water partition coefficient (Wildman–Crippen LogP) is 1.02. The van der Waals surface area contributed by atoms with Gasteiger partial charge in [-0.2, -0.15) is 9.97 Å². The molecule has 9 heteroatoms. The van der Waals surface area contributed by atoms with Crippen LogP contribution in [0.5, 0.6) is 0 Å². The number of hydrogen-bond donors (Lipinski definition) is 3. The molecule has 2 aromatic rings. The summed E-state index contributed by atoms with van der Waals surface area (Å²) in [5.74, 6) is 0.402. The summed E-state index contributed by atoms with van der Waals surface area (Å²) in [7, 11) is 0. The number of anilines is 1. The number of imidazole rings is 1. The normalized spacial score (nSPS) is 18.4. The Morgan fingerprint density at radius 3 is 3.22 bits per heavy atom. The van der Waals surface area contributed by atoms with Gasteiger partial charge in [-0.3, -0.25) is 9.69 Å². The lowest BCUT2D eigenvalue weighted by atomic mass is 10.2. The highest BCUT2D eigenvalue weighted by molar-refractivity contribution is 6.28. The molecule has 0 bridgehead atoms. The Balaban J connectivity index is 1.53. The summed E-state index contributed by atoms with van der Waals surface area (Å²) < 4.78 is 0. The number of nitrogens with one attached hydrogen (secondary N) is 3. The fraction of sp³-hybridized carbons (Fsp3) is 0.571. The van der Waals surface area contributed by atoms with Crippen molar-refractivity contribution in [1.82, 2.24) is 30.2 Å². The topological polar surface area (TPSA) is 98.8 Å². The fourth-order valence-corrected chi connectivity index (χ4v) is 3.10. The molecule has 1 saturated heterocycles.